The van der Waals surface area contributed by atoms with E-state index in [9.17, 15) is 4.79 Å². The molecular weight excluding hydrogens is 318 g/mol. The standard InChI is InChI=1S/C15H20BrN3O/c1-3-14-13(6-9(2)17-18-14)15(20)19-11-4-5-12(19)8-10(16)7-11/h6,10-12H,3-5,7-8H2,1-2H3. The van der Waals surface area contributed by atoms with Crippen LogP contribution in [0.25, 0.3) is 0 Å². The molecule has 3 heterocycles. The van der Waals surface area contributed by atoms with E-state index in [0.717, 1.165) is 49.1 Å². The minimum absolute atomic E-state index is 0.159. The number of rotatable bonds is 2. The molecule has 0 aliphatic carbocycles. The average molecular weight is 338 g/mol. The number of hydrogen-bond donors (Lipinski definition) is 0. The third-order valence-corrected chi connectivity index (χ3v) is 5.22. The fraction of sp³-hybridized carbons (Fsp3) is 0.667. The lowest BCUT2D eigenvalue weighted by Gasteiger charge is -2.37. The van der Waals surface area contributed by atoms with Gasteiger partial charge in [-0.25, -0.2) is 0 Å². The van der Waals surface area contributed by atoms with Gasteiger partial charge in [-0.1, -0.05) is 22.9 Å². The first kappa shape index (κ1) is 14.0. The van der Waals surface area contributed by atoms with Gasteiger partial charge in [-0.3, -0.25) is 4.79 Å². The molecule has 1 aromatic heterocycles. The SMILES string of the molecule is CCc1nnc(C)cc1C(=O)N1C2CCC1CC(Br)C2. The second kappa shape index (κ2) is 5.43. The number of amides is 1. The van der Waals surface area contributed by atoms with Crippen molar-refractivity contribution in [3.8, 4) is 0 Å². The van der Waals surface area contributed by atoms with Gasteiger partial charge in [-0.05, 0) is 45.1 Å². The van der Waals surface area contributed by atoms with Crippen molar-refractivity contribution in [1.29, 1.82) is 0 Å². The van der Waals surface area contributed by atoms with Crippen molar-refractivity contribution in [2.24, 2.45) is 0 Å². The van der Waals surface area contributed by atoms with Gasteiger partial charge in [0.15, 0.2) is 0 Å². The van der Waals surface area contributed by atoms with Gasteiger partial charge in [0.05, 0.1) is 17.0 Å². The summed E-state index contributed by atoms with van der Waals surface area (Å²) in [4.78, 5) is 15.6. The monoisotopic (exact) mass is 337 g/mol. The Kier molecular flexibility index (Phi) is 3.80. The van der Waals surface area contributed by atoms with Gasteiger partial charge in [0.1, 0.15) is 0 Å². The van der Waals surface area contributed by atoms with Crippen LogP contribution in [0.1, 0.15) is 54.4 Å². The van der Waals surface area contributed by atoms with E-state index < -0.39 is 0 Å². The molecule has 0 radical (unpaired) electrons. The molecular formula is C15H20BrN3O. The van der Waals surface area contributed by atoms with Crippen LogP contribution in [0.3, 0.4) is 0 Å². The number of aryl methyl sites for hydroxylation is 2. The highest BCUT2D eigenvalue weighted by atomic mass is 79.9. The molecule has 0 saturated carbocycles. The molecule has 2 aliphatic heterocycles. The molecule has 2 atom stereocenters. The maximum atomic E-state index is 12.9. The zero-order valence-corrected chi connectivity index (χ0v) is 13.6. The summed E-state index contributed by atoms with van der Waals surface area (Å²) in [5, 5.41) is 8.27. The van der Waals surface area contributed by atoms with Gasteiger partial charge in [0.25, 0.3) is 5.91 Å². The Labute approximate surface area is 128 Å². The number of hydrogen-bond acceptors (Lipinski definition) is 3. The highest BCUT2D eigenvalue weighted by molar-refractivity contribution is 9.09. The summed E-state index contributed by atoms with van der Waals surface area (Å²) >= 11 is 3.72. The van der Waals surface area contributed by atoms with Gasteiger partial charge in [0.2, 0.25) is 0 Å². The van der Waals surface area contributed by atoms with Crippen LogP contribution in [0.2, 0.25) is 0 Å². The molecule has 1 amide bonds. The van der Waals surface area contributed by atoms with Crippen molar-refractivity contribution < 1.29 is 4.79 Å². The van der Waals surface area contributed by atoms with E-state index in [1.807, 2.05) is 19.9 Å². The van der Waals surface area contributed by atoms with E-state index in [4.69, 9.17) is 0 Å². The molecule has 0 N–H and O–H groups in total. The third-order valence-electron chi connectivity index (χ3n) is 4.47. The number of fused-ring (bicyclic) bond motifs is 2. The van der Waals surface area contributed by atoms with Crippen molar-refractivity contribution in [3.05, 3.63) is 23.0 Å². The first-order chi connectivity index (χ1) is 9.60. The largest absolute Gasteiger partial charge is 0.333 e. The predicted octanol–water partition coefficient (Wildman–Crippen LogP) is 2.88. The predicted molar refractivity (Wildman–Crippen MR) is 81.1 cm³/mol. The average Bonchev–Trinajstić information content (AvgIpc) is 2.70. The van der Waals surface area contributed by atoms with E-state index in [1.54, 1.807) is 0 Å². The van der Waals surface area contributed by atoms with Gasteiger partial charge >= 0.3 is 0 Å². The Morgan fingerprint density at radius 3 is 2.60 bits per heavy atom. The summed E-state index contributed by atoms with van der Waals surface area (Å²) in [5.74, 6) is 0.159. The number of piperidine rings is 1. The van der Waals surface area contributed by atoms with Crippen LogP contribution in [-0.4, -0.2) is 37.9 Å². The molecule has 2 aliphatic rings. The summed E-state index contributed by atoms with van der Waals surface area (Å²) in [5.41, 5.74) is 2.39. The Hall–Kier alpha value is -0.970. The van der Waals surface area contributed by atoms with Gasteiger partial charge in [-0.15, -0.1) is 0 Å². The Balaban J connectivity index is 1.92. The zero-order chi connectivity index (χ0) is 14.3. The molecule has 0 aromatic carbocycles. The second-order valence-corrected chi connectivity index (χ2v) is 7.16. The van der Waals surface area contributed by atoms with E-state index >= 15 is 0 Å². The lowest BCUT2D eigenvalue weighted by molar-refractivity contribution is 0.0601. The molecule has 5 heteroatoms. The Morgan fingerprint density at radius 1 is 1.35 bits per heavy atom. The lowest BCUT2D eigenvalue weighted by Crippen LogP contribution is -2.47. The molecule has 4 nitrogen and oxygen atoms in total. The quantitative estimate of drug-likeness (QED) is 0.779. The Bertz CT molecular complexity index is 520. The van der Waals surface area contributed by atoms with Gasteiger partial charge in [0, 0.05) is 16.9 Å². The molecule has 2 fully saturated rings. The van der Waals surface area contributed by atoms with Crippen molar-refractivity contribution in [2.45, 2.75) is 62.9 Å². The van der Waals surface area contributed by atoms with Crippen LogP contribution < -0.4 is 0 Å². The van der Waals surface area contributed by atoms with Crippen LogP contribution in [0.4, 0.5) is 0 Å². The molecule has 0 spiro atoms. The summed E-state index contributed by atoms with van der Waals surface area (Å²) < 4.78 is 0. The van der Waals surface area contributed by atoms with Crippen molar-refractivity contribution in [1.82, 2.24) is 15.1 Å². The first-order valence-electron chi connectivity index (χ1n) is 7.40. The summed E-state index contributed by atoms with van der Waals surface area (Å²) in [6.45, 7) is 3.91. The van der Waals surface area contributed by atoms with Crippen LogP contribution >= 0.6 is 15.9 Å². The number of alkyl halides is 1. The fourth-order valence-electron chi connectivity index (χ4n) is 3.54. The minimum Gasteiger partial charge on any atom is -0.333 e. The number of halogens is 1. The van der Waals surface area contributed by atoms with Crippen LogP contribution in [0.15, 0.2) is 6.07 Å². The molecule has 2 bridgehead atoms. The minimum atomic E-state index is 0.159. The van der Waals surface area contributed by atoms with Crippen LogP contribution in [0, 0.1) is 6.92 Å². The number of aromatic nitrogens is 2. The molecule has 20 heavy (non-hydrogen) atoms. The highest BCUT2D eigenvalue weighted by Crippen LogP contribution is 2.39. The van der Waals surface area contributed by atoms with E-state index in [0.29, 0.717) is 16.9 Å². The lowest BCUT2D eigenvalue weighted by atomic mass is 10.0. The van der Waals surface area contributed by atoms with E-state index in [1.165, 1.54) is 0 Å². The topological polar surface area (TPSA) is 46.1 Å². The van der Waals surface area contributed by atoms with Crippen molar-refractivity contribution in [3.63, 3.8) is 0 Å². The molecule has 2 unspecified atom stereocenters. The molecule has 1 aromatic rings. The second-order valence-electron chi connectivity index (χ2n) is 5.87. The normalized spacial score (nSPS) is 28.8. The Morgan fingerprint density at radius 2 is 2.00 bits per heavy atom. The van der Waals surface area contributed by atoms with Gasteiger partial charge < -0.3 is 4.90 Å². The number of nitrogens with zero attached hydrogens (tertiary/aromatic N) is 3. The van der Waals surface area contributed by atoms with Crippen molar-refractivity contribution in [2.75, 3.05) is 0 Å². The molecule has 2 saturated heterocycles. The third kappa shape index (κ3) is 2.36. The van der Waals surface area contributed by atoms with E-state index in [2.05, 4.69) is 31.0 Å². The maximum Gasteiger partial charge on any atom is 0.256 e. The zero-order valence-electron chi connectivity index (χ0n) is 12.0. The summed E-state index contributed by atoms with van der Waals surface area (Å²) in [7, 11) is 0. The first-order valence-corrected chi connectivity index (χ1v) is 8.31. The number of carbonyl (C=O) groups excluding carboxylic acids is 1. The van der Waals surface area contributed by atoms with Crippen molar-refractivity contribution >= 4 is 21.8 Å². The fourth-order valence-corrected chi connectivity index (χ4v) is 4.40. The van der Waals surface area contributed by atoms with E-state index in [-0.39, 0.29) is 5.91 Å². The van der Waals surface area contributed by atoms with Crippen LogP contribution in [0.5, 0.6) is 0 Å². The summed E-state index contributed by atoms with van der Waals surface area (Å²) in [6.07, 6.45) is 5.16. The van der Waals surface area contributed by atoms with Gasteiger partial charge in [-0.2, -0.15) is 10.2 Å². The summed E-state index contributed by atoms with van der Waals surface area (Å²) in [6, 6.07) is 2.68. The highest BCUT2D eigenvalue weighted by Gasteiger charge is 2.43. The molecule has 3 rings (SSSR count). The maximum absolute atomic E-state index is 12.9. The smallest absolute Gasteiger partial charge is 0.256 e. The number of carbonyl (C=O) groups is 1. The molecule has 108 valence electrons. The van der Waals surface area contributed by atoms with Crippen LogP contribution in [-0.2, 0) is 6.42 Å².